The van der Waals surface area contributed by atoms with Gasteiger partial charge in [0.25, 0.3) is 5.56 Å². The van der Waals surface area contributed by atoms with Crippen molar-refractivity contribution in [3.8, 4) is 11.3 Å². The van der Waals surface area contributed by atoms with E-state index in [9.17, 15) is 4.79 Å². The highest BCUT2D eigenvalue weighted by Gasteiger charge is 2.02. The molecule has 0 radical (unpaired) electrons. The Morgan fingerprint density at radius 3 is 2.35 bits per heavy atom. The Morgan fingerprint density at radius 2 is 1.53 bits per heavy atom. The van der Waals surface area contributed by atoms with Gasteiger partial charge in [0.15, 0.2) is 0 Å². The van der Waals surface area contributed by atoms with Crippen molar-refractivity contribution in [1.29, 1.82) is 0 Å². The number of aromatic nitrogens is 1. The molecular weight excluding hydrogens is 210 g/mol. The van der Waals surface area contributed by atoms with Crippen molar-refractivity contribution in [3.63, 3.8) is 0 Å². The predicted molar refractivity (Wildman–Crippen MR) is 70.0 cm³/mol. The van der Waals surface area contributed by atoms with Gasteiger partial charge in [-0.3, -0.25) is 4.79 Å². The fraction of sp³-hybridized carbons (Fsp3) is 0. The lowest BCUT2D eigenvalue weighted by Gasteiger charge is -2.03. The highest BCUT2D eigenvalue weighted by atomic mass is 16.1. The monoisotopic (exact) mass is 221 g/mol. The lowest BCUT2D eigenvalue weighted by atomic mass is 10.1. The van der Waals surface area contributed by atoms with Crippen LogP contribution in [0.4, 0.5) is 0 Å². The summed E-state index contributed by atoms with van der Waals surface area (Å²) in [6.45, 7) is 0. The first-order valence-electron chi connectivity index (χ1n) is 5.52. The van der Waals surface area contributed by atoms with Crippen molar-refractivity contribution in [3.05, 3.63) is 71.0 Å². The van der Waals surface area contributed by atoms with Crippen LogP contribution in [0.3, 0.4) is 0 Å². The van der Waals surface area contributed by atoms with Gasteiger partial charge in [0.1, 0.15) is 0 Å². The molecule has 0 aliphatic carbocycles. The summed E-state index contributed by atoms with van der Waals surface area (Å²) in [6.07, 6.45) is 0. The first kappa shape index (κ1) is 9.85. The minimum Gasteiger partial charge on any atom is -0.321 e. The number of hydrogen-bond acceptors (Lipinski definition) is 1. The van der Waals surface area contributed by atoms with Crippen LogP contribution >= 0.6 is 0 Å². The summed E-state index contributed by atoms with van der Waals surface area (Å²) >= 11 is 0. The highest BCUT2D eigenvalue weighted by molar-refractivity contribution is 5.84. The molecule has 0 aliphatic rings. The fourth-order valence-corrected chi connectivity index (χ4v) is 1.98. The largest absolute Gasteiger partial charge is 0.321 e. The van der Waals surface area contributed by atoms with E-state index in [-0.39, 0.29) is 5.56 Å². The van der Waals surface area contributed by atoms with Crippen LogP contribution in [0.2, 0.25) is 0 Å². The zero-order valence-corrected chi connectivity index (χ0v) is 9.18. The predicted octanol–water partition coefficient (Wildman–Crippen LogP) is 3.20. The molecule has 17 heavy (non-hydrogen) atoms. The first-order valence-corrected chi connectivity index (χ1v) is 5.52. The van der Waals surface area contributed by atoms with E-state index in [1.54, 1.807) is 0 Å². The Bertz CT molecular complexity index is 714. The van der Waals surface area contributed by atoms with Gasteiger partial charge < -0.3 is 4.98 Å². The number of benzene rings is 2. The van der Waals surface area contributed by atoms with Crippen LogP contribution in [0.25, 0.3) is 22.0 Å². The lowest BCUT2D eigenvalue weighted by molar-refractivity contribution is 1.28. The number of nitrogens with one attached hydrogen (secondary N) is 1. The van der Waals surface area contributed by atoms with E-state index in [0.29, 0.717) is 0 Å². The van der Waals surface area contributed by atoms with Gasteiger partial charge in [-0.2, -0.15) is 0 Å². The maximum atomic E-state index is 11.9. The summed E-state index contributed by atoms with van der Waals surface area (Å²) in [7, 11) is 0. The molecule has 0 spiro atoms. The third-order valence-corrected chi connectivity index (χ3v) is 2.84. The minimum absolute atomic E-state index is 0.0399. The second-order valence-electron chi connectivity index (χ2n) is 3.97. The van der Waals surface area contributed by atoms with E-state index in [1.165, 1.54) is 0 Å². The Kier molecular flexibility index (Phi) is 2.26. The van der Waals surface area contributed by atoms with Crippen LogP contribution in [0.1, 0.15) is 0 Å². The number of aromatic amines is 1. The van der Waals surface area contributed by atoms with Gasteiger partial charge in [-0.25, -0.2) is 0 Å². The van der Waals surface area contributed by atoms with Crippen LogP contribution in [-0.4, -0.2) is 4.98 Å². The summed E-state index contributed by atoms with van der Waals surface area (Å²) in [5.74, 6) is 0. The van der Waals surface area contributed by atoms with Gasteiger partial charge in [-0.15, -0.1) is 0 Å². The summed E-state index contributed by atoms with van der Waals surface area (Å²) in [5.41, 5.74) is 1.84. The zero-order valence-electron chi connectivity index (χ0n) is 9.18. The van der Waals surface area contributed by atoms with Crippen LogP contribution in [0.5, 0.6) is 0 Å². The standard InChI is InChI=1S/C15H11NO/c17-15-13-9-5-4-8-12(13)10-14(16-15)11-6-2-1-3-7-11/h1-10H,(H,16,17). The molecule has 0 unspecified atom stereocenters. The van der Waals surface area contributed by atoms with Gasteiger partial charge in [-0.1, -0.05) is 48.5 Å². The molecule has 1 aromatic heterocycles. The molecule has 0 bridgehead atoms. The number of fused-ring (bicyclic) bond motifs is 1. The van der Waals surface area contributed by atoms with Crippen molar-refractivity contribution < 1.29 is 0 Å². The Morgan fingerprint density at radius 1 is 0.824 bits per heavy atom. The maximum Gasteiger partial charge on any atom is 0.256 e. The van der Waals surface area contributed by atoms with Crippen molar-refractivity contribution in [2.45, 2.75) is 0 Å². The zero-order chi connectivity index (χ0) is 11.7. The molecule has 3 aromatic rings. The topological polar surface area (TPSA) is 32.9 Å². The summed E-state index contributed by atoms with van der Waals surface area (Å²) in [6, 6.07) is 19.5. The molecule has 0 atom stereocenters. The number of pyridine rings is 1. The average Bonchev–Trinajstić information content (AvgIpc) is 2.40. The number of H-pyrrole nitrogens is 1. The molecule has 0 saturated heterocycles. The third kappa shape index (κ3) is 1.74. The summed E-state index contributed by atoms with van der Waals surface area (Å²) in [4.78, 5) is 14.8. The SMILES string of the molecule is O=c1[nH]c(-c2ccccc2)cc2ccccc12. The maximum absolute atomic E-state index is 11.9. The van der Waals surface area contributed by atoms with Crippen LogP contribution in [0, 0.1) is 0 Å². The molecular formula is C15H11NO. The van der Waals surface area contributed by atoms with Gasteiger partial charge >= 0.3 is 0 Å². The van der Waals surface area contributed by atoms with Crippen LogP contribution in [0.15, 0.2) is 65.5 Å². The molecule has 2 aromatic carbocycles. The molecule has 0 amide bonds. The van der Waals surface area contributed by atoms with E-state index in [2.05, 4.69) is 4.98 Å². The quantitative estimate of drug-likeness (QED) is 0.672. The highest BCUT2D eigenvalue weighted by Crippen LogP contribution is 2.18. The average molecular weight is 221 g/mol. The van der Waals surface area contributed by atoms with Crippen molar-refractivity contribution in [2.75, 3.05) is 0 Å². The van der Waals surface area contributed by atoms with Gasteiger partial charge in [0, 0.05) is 11.1 Å². The van der Waals surface area contributed by atoms with E-state index in [1.807, 2.05) is 60.7 Å². The minimum atomic E-state index is -0.0399. The second-order valence-corrected chi connectivity index (χ2v) is 3.97. The van der Waals surface area contributed by atoms with Gasteiger partial charge in [0.05, 0.1) is 0 Å². The normalized spacial score (nSPS) is 10.6. The molecule has 2 heteroatoms. The van der Waals surface area contributed by atoms with Crippen molar-refractivity contribution >= 4 is 10.8 Å². The number of rotatable bonds is 1. The van der Waals surface area contributed by atoms with Crippen molar-refractivity contribution in [1.82, 2.24) is 4.98 Å². The Labute approximate surface area is 98.6 Å². The lowest BCUT2D eigenvalue weighted by Crippen LogP contribution is -2.06. The number of hydrogen-bond donors (Lipinski definition) is 1. The molecule has 3 rings (SSSR count). The fourth-order valence-electron chi connectivity index (χ4n) is 1.98. The molecule has 1 heterocycles. The molecule has 1 N–H and O–H groups in total. The van der Waals surface area contributed by atoms with Crippen LogP contribution < -0.4 is 5.56 Å². The van der Waals surface area contributed by atoms with E-state index in [4.69, 9.17) is 0 Å². The molecule has 0 fully saturated rings. The molecule has 0 aliphatic heterocycles. The molecule has 2 nitrogen and oxygen atoms in total. The molecule has 0 saturated carbocycles. The van der Waals surface area contributed by atoms with Crippen molar-refractivity contribution in [2.24, 2.45) is 0 Å². The van der Waals surface area contributed by atoms with Gasteiger partial charge in [-0.05, 0) is 23.1 Å². The summed E-state index contributed by atoms with van der Waals surface area (Å²) < 4.78 is 0. The second kappa shape index (κ2) is 3.91. The van der Waals surface area contributed by atoms with E-state index in [0.717, 1.165) is 22.0 Å². The van der Waals surface area contributed by atoms with Gasteiger partial charge in [0.2, 0.25) is 0 Å². The summed E-state index contributed by atoms with van der Waals surface area (Å²) in [5, 5.41) is 1.70. The smallest absolute Gasteiger partial charge is 0.256 e. The Balaban J connectivity index is 2.30. The van der Waals surface area contributed by atoms with Crippen LogP contribution in [-0.2, 0) is 0 Å². The third-order valence-electron chi connectivity index (χ3n) is 2.84. The Hall–Kier alpha value is -2.35. The van der Waals surface area contributed by atoms with E-state index < -0.39 is 0 Å². The first-order chi connectivity index (χ1) is 8.34. The molecule has 82 valence electrons. The van der Waals surface area contributed by atoms with E-state index >= 15 is 0 Å².